The lowest BCUT2D eigenvalue weighted by Crippen LogP contribution is -2.33. The highest BCUT2D eigenvalue weighted by molar-refractivity contribution is 5.85. The smallest absolute Gasteiger partial charge is 0.220 e. The van der Waals surface area contributed by atoms with E-state index in [0.717, 1.165) is 32.7 Å². The Morgan fingerprint density at radius 3 is 2.75 bits per heavy atom. The number of hydrogen-bond donors (Lipinski definition) is 2. The van der Waals surface area contributed by atoms with Gasteiger partial charge in [0.2, 0.25) is 5.91 Å². The summed E-state index contributed by atoms with van der Waals surface area (Å²) in [7, 11) is 0. The number of carbonyl (C=O) groups excluding carboxylic acids is 1. The van der Waals surface area contributed by atoms with Crippen LogP contribution in [0.5, 0.6) is 0 Å². The molecule has 0 radical (unpaired) electrons. The summed E-state index contributed by atoms with van der Waals surface area (Å²) in [5.41, 5.74) is 0. The van der Waals surface area contributed by atoms with Gasteiger partial charge in [-0.25, -0.2) is 0 Å². The van der Waals surface area contributed by atoms with E-state index < -0.39 is 0 Å². The summed E-state index contributed by atoms with van der Waals surface area (Å²) in [6.45, 7) is 3.77. The van der Waals surface area contributed by atoms with Gasteiger partial charge >= 0.3 is 0 Å². The number of carbonyl (C=O) groups is 1. The van der Waals surface area contributed by atoms with E-state index in [1.165, 1.54) is 0 Å². The number of piperidine rings is 1. The van der Waals surface area contributed by atoms with Crippen molar-refractivity contribution in [3.63, 3.8) is 0 Å². The van der Waals surface area contributed by atoms with Crippen molar-refractivity contribution < 1.29 is 9.53 Å². The molecule has 0 aromatic carbocycles. The molecule has 2 N–H and O–H groups in total. The maximum absolute atomic E-state index is 11.7. The fraction of sp³-hybridized carbons (Fsp3) is 0.909. The Bertz CT molecular complexity index is 259. The topological polar surface area (TPSA) is 50.4 Å². The van der Waals surface area contributed by atoms with E-state index in [2.05, 4.69) is 10.6 Å². The molecule has 2 aliphatic heterocycles. The predicted molar refractivity (Wildman–Crippen MR) is 62.6 cm³/mol. The van der Waals surface area contributed by atoms with E-state index in [0.29, 0.717) is 30.2 Å². The van der Waals surface area contributed by atoms with E-state index in [-0.39, 0.29) is 18.3 Å². The number of halogens is 1. The molecule has 1 amide bonds. The molecule has 3 fully saturated rings. The zero-order valence-electron chi connectivity index (χ0n) is 9.28. The summed E-state index contributed by atoms with van der Waals surface area (Å²) in [5, 5.41) is 6.48. The van der Waals surface area contributed by atoms with Gasteiger partial charge in [0.15, 0.2) is 0 Å². The second-order valence-corrected chi connectivity index (χ2v) is 5.01. The minimum atomic E-state index is 0. The van der Waals surface area contributed by atoms with Crippen molar-refractivity contribution in [2.45, 2.75) is 18.9 Å². The van der Waals surface area contributed by atoms with Crippen molar-refractivity contribution in [1.82, 2.24) is 10.6 Å². The van der Waals surface area contributed by atoms with E-state index in [9.17, 15) is 4.79 Å². The average molecular weight is 247 g/mol. The Labute approximate surface area is 102 Å². The lowest BCUT2D eigenvalue weighted by atomic mass is 10.0. The summed E-state index contributed by atoms with van der Waals surface area (Å²) in [6.07, 6.45) is 1.70. The highest BCUT2D eigenvalue weighted by Crippen LogP contribution is 2.41. The maximum Gasteiger partial charge on any atom is 0.220 e. The van der Waals surface area contributed by atoms with Crippen molar-refractivity contribution in [2.24, 2.45) is 17.8 Å². The quantitative estimate of drug-likeness (QED) is 0.747. The molecule has 1 saturated carbocycles. The zero-order chi connectivity index (χ0) is 10.3. The molecule has 92 valence electrons. The fourth-order valence-corrected chi connectivity index (χ4v) is 2.88. The molecule has 0 aromatic heterocycles. The largest absolute Gasteiger partial charge is 0.381 e. The van der Waals surface area contributed by atoms with Crippen LogP contribution in [0, 0.1) is 17.8 Å². The van der Waals surface area contributed by atoms with Crippen LogP contribution in [0.4, 0.5) is 0 Å². The molecule has 2 heterocycles. The Morgan fingerprint density at radius 1 is 1.38 bits per heavy atom. The highest BCUT2D eigenvalue weighted by atomic mass is 35.5. The monoisotopic (exact) mass is 246 g/mol. The van der Waals surface area contributed by atoms with Gasteiger partial charge in [0.05, 0.1) is 0 Å². The van der Waals surface area contributed by atoms with Gasteiger partial charge < -0.3 is 15.4 Å². The van der Waals surface area contributed by atoms with Crippen LogP contribution in [0.3, 0.4) is 0 Å². The molecule has 5 heteroatoms. The third-order valence-electron chi connectivity index (χ3n) is 3.92. The number of hydrogen-bond acceptors (Lipinski definition) is 3. The van der Waals surface area contributed by atoms with Crippen LogP contribution in [-0.2, 0) is 9.53 Å². The van der Waals surface area contributed by atoms with Gasteiger partial charge in [-0.1, -0.05) is 0 Å². The Balaban J connectivity index is 0.000000963. The molecule has 1 aliphatic carbocycles. The summed E-state index contributed by atoms with van der Waals surface area (Å²) in [5.74, 6) is 2.12. The third kappa shape index (κ3) is 2.34. The summed E-state index contributed by atoms with van der Waals surface area (Å²) in [4.78, 5) is 11.7. The standard InChI is InChI=1S/C11H18N2O2.ClH/c14-10(3-7-1-2-15-6-7)13-11-8-4-12-5-9(8)11;/h7-9,11-12H,1-6H2,(H,13,14);1H. The third-order valence-corrected chi connectivity index (χ3v) is 3.92. The van der Waals surface area contributed by atoms with Crippen molar-refractivity contribution in [3.05, 3.63) is 0 Å². The Morgan fingerprint density at radius 2 is 2.12 bits per heavy atom. The average Bonchev–Trinajstić information content (AvgIpc) is 2.65. The number of rotatable bonds is 3. The molecule has 3 rings (SSSR count). The van der Waals surface area contributed by atoms with Crippen LogP contribution in [0.1, 0.15) is 12.8 Å². The molecular formula is C11H19ClN2O2. The van der Waals surface area contributed by atoms with Crippen LogP contribution in [0.2, 0.25) is 0 Å². The van der Waals surface area contributed by atoms with E-state index >= 15 is 0 Å². The van der Waals surface area contributed by atoms with Crippen LogP contribution in [-0.4, -0.2) is 38.3 Å². The molecule has 0 aromatic rings. The molecular weight excluding hydrogens is 228 g/mol. The van der Waals surface area contributed by atoms with E-state index in [1.807, 2.05) is 0 Å². The first-order valence-corrected chi connectivity index (χ1v) is 5.92. The second kappa shape index (κ2) is 4.90. The van der Waals surface area contributed by atoms with Gasteiger partial charge in [0.1, 0.15) is 0 Å². The fourth-order valence-electron chi connectivity index (χ4n) is 2.88. The summed E-state index contributed by atoms with van der Waals surface area (Å²) >= 11 is 0. The highest BCUT2D eigenvalue weighted by Gasteiger charge is 2.53. The molecule has 4 nitrogen and oxygen atoms in total. The van der Waals surface area contributed by atoms with Crippen molar-refractivity contribution >= 4 is 18.3 Å². The van der Waals surface area contributed by atoms with Crippen LogP contribution < -0.4 is 10.6 Å². The van der Waals surface area contributed by atoms with Gasteiger partial charge in [-0.3, -0.25) is 4.79 Å². The van der Waals surface area contributed by atoms with Crippen molar-refractivity contribution in [2.75, 3.05) is 26.3 Å². The first kappa shape index (κ1) is 12.1. The SMILES string of the molecule is Cl.O=C(CC1CCOC1)NC1C2CNCC21. The molecule has 2 saturated heterocycles. The number of ether oxygens (including phenoxy) is 1. The van der Waals surface area contributed by atoms with Crippen molar-refractivity contribution in [3.8, 4) is 0 Å². The zero-order valence-corrected chi connectivity index (χ0v) is 10.1. The number of nitrogens with one attached hydrogen (secondary N) is 2. The summed E-state index contributed by atoms with van der Waals surface area (Å²) < 4.78 is 5.26. The van der Waals surface area contributed by atoms with Gasteiger partial charge in [-0.2, -0.15) is 0 Å². The molecule has 0 spiro atoms. The number of fused-ring (bicyclic) bond motifs is 1. The Hall–Kier alpha value is -0.320. The van der Waals surface area contributed by atoms with Crippen molar-refractivity contribution in [1.29, 1.82) is 0 Å². The predicted octanol–water partition coefficient (Wildman–Crippen LogP) is 0.169. The molecule has 3 aliphatic rings. The lowest BCUT2D eigenvalue weighted by molar-refractivity contribution is -0.122. The van der Waals surface area contributed by atoms with Crippen LogP contribution in [0.15, 0.2) is 0 Å². The summed E-state index contributed by atoms with van der Waals surface area (Å²) in [6, 6.07) is 0.473. The van der Waals surface area contributed by atoms with Gasteiger partial charge in [0.25, 0.3) is 0 Å². The Kier molecular flexibility index (Phi) is 3.72. The molecule has 16 heavy (non-hydrogen) atoms. The molecule has 3 unspecified atom stereocenters. The second-order valence-electron chi connectivity index (χ2n) is 5.01. The molecule has 3 atom stereocenters. The first-order chi connectivity index (χ1) is 7.34. The first-order valence-electron chi connectivity index (χ1n) is 5.92. The van der Waals surface area contributed by atoms with E-state index in [4.69, 9.17) is 4.74 Å². The van der Waals surface area contributed by atoms with Gasteiger partial charge in [-0.15, -0.1) is 12.4 Å². The molecule has 0 bridgehead atoms. The maximum atomic E-state index is 11.7. The van der Waals surface area contributed by atoms with Gasteiger partial charge in [0, 0.05) is 38.8 Å². The minimum Gasteiger partial charge on any atom is -0.381 e. The lowest BCUT2D eigenvalue weighted by Gasteiger charge is -2.10. The van der Waals surface area contributed by atoms with Crippen LogP contribution >= 0.6 is 12.4 Å². The minimum absolute atomic E-state index is 0. The van der Waals surface area contributed by atoms with Crippen LogP contribution in [0.25, 0.3) is 0 Å². The van der Waals surface area contributed by atoms with Gasteiger partial charge in [-0.05, 0) is 24.2 Å². The number of amides is 1. The normalized spacial score (nSPS) is 40.0. The van der Waals surface area contributed by atoms with E-state index in [1.54, 1.807) is 0 Å².